The molecule has 68 heavy (non-hydrogen) atoms. The van der Waals surface area contributed by atoms with Gasteiger partial charge >= 0.3 is 17.9 Å². The number of carbonyl (C=O) groups is 3. The average molecular weight is 954 g/mol. The Morgan fingerprint density at radius 1 is 0.294 bits per heavy atom. The van der Waals surface area contributed by atoms with Gasteiger partial charge in [-0.05, 0) is 83.5 Å². The molecular formula is C62H112O6. The summed E-state index contributed by atoms with van der Waals surface area (Å²) in [5.41, 5.74) is 0. The first-order chi connectivity index (χ1) is 33.5. The Bertz CT molecular complexity index is 1190. The number of esters is 3. The maximum absolute atomic E-state index is 12.9. The van der Waals surface area contributed by atoms with E-state index in [1.165, 1.54) is 193 Å². The van der Waals surface area contributed by atoms with Crippen LogP contribution in [0, 0.1) is 0 Å². The Hall–Kier alpha value is -2.63. The lowest BCUT2D eigenvalue weighted by molar-refractivity contribution is -0.167. The highest BCUT2D eigenvalue weighted by Gasteiger charge is 2.19. The van der Waals surface area contributed by atoms with Gasteiger partial charge in [-0.1, -0.05) is 256 Å². The van der Waals surface area contributed by atoms with Crippen LogP contribution in [0.4, 0.5) is 0 Å². The van der Waals surface area contributed by atoms with Gasteiger partial charge in [0, 0.05) is 19.3 Å². The molecule has 0 bridgehead atoms. The minimum Gasteiger partial charge on any atom is -0.462 e. The molecule has 0 heterocycles. The van der Waals surface area contributed by atoms with E-state index in [1.807, 2.05) is 0 Å². The van der Waals surface area contributed by atoms with Crippen LogP contribution in [0.2, 0.25) is 0 Å². The molecule has 6 heteroatoms. The second kappa shape index (κ2) is 57.0. The molecule has 0 radical (unpaired) electrons. The topological polar surface area (TPSA) is 78.9 Å². The predicted octanol–water partition coefficient (Wildman–Crippen LogP) is 19.8. The number of hydrogen-bond acceptors (Lipinski definition) is 6. The third kappa shape index (κ3) is 54.3. The predicted molar refractivity (Wildman–Crippen MR) is 293 cm³/mol. The molecule has 1 unspecified atom stereocenters. The van der Waals surface area contributed by atoms with Crippen LogP contribution < -0.4 is 0 Å². The molecule has 0 saturated heterocycles. The summed E-state index contributed by atoms with van der Waals surface area (Å²) >= 11 is 0. The van der Waals surface area contributed by atoms with Gasteiger partial charge in [0.15, 0.2) is 6.10 Å². The average Bonchev–Trinajstić information content (AvgIpc) is 3.34. The van der Waals surface area contributed by atoms with E-state index in [-0.39, 0.29) is 31.1 Å². The standard InChI is InChI=1S/C62H112O6/c1-4-7-10-13-16-19-22-25-27-29-31-33-34-37-40-43-46-49-52-55-61(64)67-58-59(57-66-60(63)54-51-48-45-42-39-36-24-21-18-15-12-9-6-3)68-62(65)56-53-50-47-44-41-38-35-32-30-28-26-23-20-17-14-11-8-5-2/h16,19-20,23,25,27-28,30,59H,4-15,17-18,21-22,24,26,29,31-58H2,1-3H3/b19-16-,23-20-,27-25-,30-28-. The zero-order valence-corrected chi connectivity index (χ0v) is 45.4. The molecule has 0 aromatic heterocycles. The minimum atomic E-state index is -0.777. The normalized spacial score (nSPS) is 12.3. The summed E-state index contributed by atoms with van der Waals surface area (Å²) in [4.78, 5) is 38.2. The highest BCUT2D eigenvalue weighted by Crippen LogP contribution is 2.16. The van der Waals surface area contributed by atoms with Crippen molar-refractivity contribution in [2.75, 3.05) is 13.2 Å². The Morgan fingerprint density at radius 3 is 0.853 bits per heavy atom. The van der Waals surface area contributed by atoms with E-state index in [0.717, 1.165) is 77.0 Å². The van der Waals surface area contributed by atoms with Crippen molar-refractivity contribution in [3.05, 3.63) is 48.6 Å². The van der Waals surface area contributed by atoms with E-state index < -0.39 is 6.10 Å². The number of ether oxygens (including phenoxy) is 3. The zero-order chi connectivity index (χ0) is 49.3. The monoisotopic (exact) mass is 953 g/mol. The highest BCUT2D eigenvalue weighted by atomic mass is 16.6. The quantitative estimate of drug-likeness (QED) is 0.0262. The van der Waals surface area contributed by atoms with Gasteiger partial charge < -0.3 is 14.2 Å². The van der Waals surface area contributed by atoms with Gasteiger partial charge in [-0.15, -0.1) is 0 Å². The number of rotatable bonds is 54. The van der Waals surface area contributed by atoms with E-state index >= 15 is 0 Å². The first kappa shape index (κ1) is 65.4. The van der Waals surface area contributed by atoms with Crippen LogP contribution in [-0.4, -0.2) is 37.2 Å². The summed E-state index contributed by atoms with van der Waals surface area (Å²) in [6, 6.07) is 0. The molecule has 0 aliphatic carbocycles. The van der Waals surface area contributed by atoms with Gasteiger partial charge in [-0.3, -0.25) is 14.4 Å². The molecule has 0 saturated carbocycles. The summed E-state index contributed by atoms with van der Waals surface area (Å²) in [6.07, 6.45) is 69.5. The molecule has 0 aliphatic heterocycles. The van der Waals surface area contributed by atoms with E-state index in [0.29, 0.717) is 19.3 Å². The van der Waals surface area contributed by atoms with Crippen LogP contribution >= 0.6 is 0 Å². The van der Waals surface area contributed by atoms with Gasteiger partial charge in [-0.25, -0.2) is 0 Å². The molecular weight excluding hydrogens is 841 g/mol. The molecule has 1 atom stereocenters. The molecule has 0 fully saturated rings. The number of carbonyl (C=O) groups excluding carboxylic acids is 3. The maximum Gasteiger partial charge on any atom is 0.306 e. The fourth-order valence-electron chi connectivity index (χ4n) is 8.56. The molecule has 6 nitrogen and oxygen atoms in total. The molecule has 0 amide bonds. The van der Waals surface area contributed by atoms with Crippen LogP contribution in [0.25, 0.3) is 0 Å². The molecule has 396 valence electrons. The molecule has 0 N–H and O–H groups in total. The Labute approximate surface area is 422 Å². The summed E-state index contributed by atoms with van der Waals surface area (Å²) in [6.45, 7) is 6.62. The van der Waals surface area contributed by atoms with Gasteiger partial charge in [-0.2, -0.15) is 0 Å². The second-order valence-electron chi connectivity index (χ2n) is 19.9. The van der Waals surface area contributed by atoms with Crippen LogP contribution in [0.3, 0.4) is 0 Å². The zero-order valence-electron chi connectivity index (χ0n) is 45.4. The Balaban J connectivity index is 4.35. The Kier molecular flexibility index (Phi) is 54.8. The summed E-state index contributed by atoms with van der Waals surface area (Å²) < 4.78 is 16.9. The smallest absolute Gasteiger partial charge is 0.306 e. The van der Waals surface area contributed by atoms with Crippen molar-refractivity contribution < 1.29 is 28.6 Å². The lowest BCUT2D eigenvalue weighted by atomic mass is 10.0. The van der Waals surface area contributed by atoms with Gasteiger partial charge in [0.2, 0.25) is 0 Å². The van der Waals surface area contributed by atoms with Crippen LogP contribution in [0.15, 0.2) is 48.6 Å². The van der Waals surface area contributed by atoms with Crippen molar-refractivity contribution in [3.63, 3.8) is 0 Å². The van der Waals surface area contributed by atoms with Crippen molar-refractivity contribution in [3.8, 4) is 0 Å². The molecule has 0 aromatic carbocycles. The van der Waals surface area contributed by atoms with Crippen LogP contribution in [0.1, 0.15) is 310 Å². The summed E-state index contributed by atoms with van der Waals surface area (Å²) in [7, 11) is 0. The second-order valence-corrected chi connectivity index (χ2v) is 19.9. The first-order valence-corrected chi connectivity index (χ1v) is 29.6. The van der Waals surface area contributed by atoms with E-state index in [2.05, 4.69) is 69.4 Å². The fraction of sp³-hybridized carbons (Fsp3) is 0.823. The third-order valence-electron chi connectivity index (χ3n) is 13.1. The van der Waals surface area contributed by atoms with Crippen molar-refractivity contribution >= 4 is 17.9 Å². The molecule has 0 aromatic rings. The SMILES string of the molecule is CCCCC/C=C\C/C=C\CCCCCCCCCCCC(=O)OCC(COC(=O)CCCCCCCCCCCCCCC)OC(=O)CCCCCCCCC/C=C\C/C=C\CCCCCC. The third-order valence-corrected chi connectivity index (χ3v) is 13.1. The van der Waals surface area contributed by atoms with E-state index in [1.54, 1.807) is 0 Å². The van der Waals surface area contributed by atoms with Crippen molar-refractivity contribution in [1.29, 1.82) is 0 Å². The molecule has 0 spiro atoms. The molecule has 0 aliphatic rings. The van der Waals surface area contributed by atoms with Crippen molar-refractivity contribution in [2.45, 2.75) is 316 Å². The van der Waals surface area contributed by atoms with Crippen molar-refractivity contribution in [1.82, 2.24) is 0 Å². The van der Waals surface area contributed by atoms with Crippen LogP contribution in [-0.2, 0) is 28.6 Å². The van der Waals surface area contributed by atoms with Gasteiger partial charge in [0.05, 0.1) is 0 Å². The maximum atomic E-state index is 12.9. The summed E-state index contributed by atoms with van der Waals surface area (Å²) in [5, 5.41) is 0. The number of hydrogen-bond donors (Lipinski definition) is 0. The Morgan fingerprint density at radius 2 is 0.529 bits per heavy atom. The minimum absolute atomic E-state index is 0.0745. The van der Waals surface area contributed by atoms with Gasteiger partial charge in [0.25, 0.3) is 0 Å². The highest BCUT2D eigenvalue weighted by molar-refractivity contribution is 5.71. The van der Waals surface area contributed by atoms with E-state index in [9.17, 15) is 14.4 Å². The first-order valence-electron chi connectivity index (χ1n) is 29.6. The van der Waals surface area contributed by atoms with Crippen molar-refractivity contribution in [2.24, 2.45) is 0 Å². The summed E-state index contributed by atoms with van der Waals surface area (Å²) in [5.74, 6) is -0.871. The lowest BCUT2D eigenvalue weighted by Gasteiger charge is -2.18. The number of allylic oxidation sites excluding steroid dienone is 8. The fourth-order valence-corrected chi connectivity index (χ4v) is 8.56. The largest absolute Gasteiger partial charge is 0.462 e. The van der Waals surface area contributed by atoms with Crippen LogP contribution in [0.5, 0.6) is 0 Å². The molecule has 0 rings (SSSR count). The van der Waals surface area contributed by atoms with Gasteiger partial charge in [0.1, 0.15) is 13.2 Å². The number of unbranched alkanes of at least 4 members (excludes halogenated alkanes) is 35. The van der Waals surface area contributed by atoms with E-state index in [4.69, 9.17) is 14.2 Å². The lowest BCUT2D eigenvalue weighted by Crippen LogP contribution is -2.30.